The van der Waals surface area contributed by atoms with E-state index in [-0.39, 0.29) is 30.1 Å². The predicted octanol–water partition coefficient (Wildman–Crippen LogP) is 3.44. The van der Waals surface area contributed by atoms with Crippen molar-refractivity contribution in [1.82, 2.24) is 10.6 Å². The van der Waals surface area contributed by atoms with E-state index < -0.39 is 0 Å². The van der Waals surface area contributed by atoms with Crippen LogP contribution >= 0.6 is 24.0 Å². The number of rotatable bonds is 9. The minimum atomic E-state index is 0. The summed E-state index contributed by atoms with van der Waals surface area (Å²) in [7, 11) is 3.44. The topological polar surface area (TPSA) is 54.9 Å². The lowest BCUT2D eigenvalue weighted by Crippen LogP contribution is -2.42. The van der Waals surface area contributed by atoms with Crippen molar-refractivity contribution in [2.75, 3.05) is 27.2 Å². The van der Waals surface area contributed by atoms with E-state index in [0.717, 1.165) is 30.4 Å². The number of hydrogen-bond donors (Lipinski definition) is 2. The number of ether oxygens (including phenoxy) is 2. The van der Waals surface area contributed by atoms with Crippen molar-refractivity contribution < 1.29 is 9.47 Å². The van der Waals surface area contributed by atoms with E-state index in [9.17, 15) is 0 Å². The van der Waals surface area contributed by atoms with Gasteiger partial charge in [-0.3, -0.25) is 4.99 Å². The van der Waals surface area contributed by atoms with E-state index in [2.05, 4.69) is 22.5 Å². The Morgan fingerprint density at radius 1 is 1.13 bits per heavy atom. The summed E-state index contributed by atoms with van der Waals surface area (Å²) >= 11 is 0. The molecule has 1 rings (SSSR count). The average Bonchev–Trinajstić information content (AvgIpc) is 2.55. The van der Waals surface area contributed by atoms with Crippen LogP contribution < -0.4 is 20.1 Å². The summed E-state index contributed by atoms with van der Waals surface area (Å²) in [6.45, 7) is 5.87. The number of guanidine groups is 1. The van der Waals surface area contributed by atoms with Crippen LogP contribution in [0.25, 0.3) is 0 Å². The van der Waals surface area contributed by atoms with Gasteiger partial charge in [0.1, 0.15) is 17.6 Å². The zero-order valence-electron chi connectivity index (χ0n) is 14.6. The first-order valence-corrected chi connectivity index (χ1v) is 7.94. The molecule has 0 fully saturated rings. The van der Waals surface area contributed by atoms with Crippen LogP contribution in [-0.4, -0.2) is 39.3 Å². The monoisotopic (exact) mass is 435 g/mol. The standard InChI is InChI=1S/C17H29N3O2.HI/c1-5-6-7-12-19-17(18-3)20-13-14(2)22-16-10-8-15(21-4)9-11-16;/h8-11,14H,5-7,12-13H2,1-4H3,(H2,18,19,20);1H. The molecular weight excluding hydrogens is 405 g/mol. The summed E-state index contributed by atoms with van der Waals surface area (Å²) in [6, 6.07) is 7.60. The summed E-state index contributed by atoms with van der Waals surface area (Å²) in [6.07, 6.45) is 3.67. The van der Waals surface area contributed by atoms with Crippen LogP contribution in [0.2, 0.25) is 0 Å². The first kappa shape index (κ1) is 21.8. The Morgan fingerprint density at radius 3 is 2.35 bits per heavy atom. The number of halogens is 1. The zero-order chi connectivity index (χ0) is 16.2. The predicted molar refractivity (Wildman–Crippen MR) is 107 cm³/mol. The largest absolute Gasteiger partial charge is 0.497 e. The molecule has 0 aliphatic rings. The molecule has 1 unspecified atom stereocenters. The molecule has 0 bridgehead atoms. The van der Waals surface area contributed by atoms with Gasteiger partial charge in [-0.15, -0.1) is 24.0 Å². The quantitative estimate of drug-likeness (QED) is 0.270. The van der Waals surface area contributed by atoms with Gasteiger partial charge in [-0.2, -0.15) is 0 Å². The van der Waals surface area contributed by atoms with Gasteiger partial charge in [-0.1, -0.05) is 19.8 Å². The second kappa shape index (κ2) is 13.3. The highest BCUT2D eigenvalue weighted by atomic mass is 127. The normalized spacial score (nSPS) is 12.1. The number of nitrogens with one attached hydrogen (secondary N) is 2. The Balaban J connectivity index is 0.00000484. The number of hydrogen-bond acceptors (Lipinski definition) is 3. The average molecular weight is 435 g/mol. The van der Waals surface area contributed by atoms with Gasteiger partial charge in [0.15, 0.2) is 5.96 Å². The van der Waals surface area contributed by atoms with Crippen molar-refractivity contribution in [2.24, 2.45) is 4.99 Å². The van der Waals surface area contributed by atoms with E-state index in [1.54, 1.807) is 14.2 Å². The van der Waals surface area contributed by atoms with Crippen molar-refractivity contribution in [1.29, 1.82) is 0 Å². The van der Waals surface area contributed by atoms with Crippen molar-refractivity contribution in [3.05, 3.63) is 24.3 Å². The summed E-state index contributed by atoms with van der Waals surface area (Å²) < 4.78 is 11.0. The van der Waals surface area contributed by atoms with Crippen molar-refractivity contribution in [3.63, 3.8) is 0 Å². The summed E-state index contributed by atoms with van der Waals surface area (Å²) in [5.41, 5.74) is 0. The van der Waals surface area contributed by atoms with E-state index >= 15 is 0 Å². The van der Waals surface area contributed by atoms with E-state index in [4.69, 9.17) is 9.47 Å². The molecule has 5 nitrogen and oxygen atoms in total. The highest BCUT2D eigenvalue weighted by Crippen LogP contribution is 2.17. The van der Waals surface area contributed by atoms with E-state index in [1.165, 1.54) is 12.8 Å². The first-order valence-electron chi connectivity index (χ1n) is 7.94. The molecule has 1 atom stereocenters. The lowest BCUT2D eigenvalue weighted by atomic mass is 10.2. The van der Waals surface area contributed by atoms with Crippen molar-refractivity contribution in [2.45, 2.75) is 39.2 Å². The van der Waals surface area contributed by atoms with Crippen LogP contribution in [0.4, 0.5) is 0 Å². The number of unbranched alkanes of at least 4 members (excludes halogenated alkanes) is 2. The maximum absolute atomic E-state index is 5.85. The molecule has 0 saturated heterocycles. The van der Waals surface area contributed by atoms with Crippen LogP contribution in [-0.2, 0) is 0 Å². The maximum atomic E-state index is 5.85. The molecular formula is C17H30IN3O2. The third-order valence-corrected chi connectivity index (χ3v) is 3.25. The third kappa shape index (κ3) is 9.53. The van der Waals surface area contributed by atoms with E-state index in [1.807, 2.05) is 31.2 Å². The second-order valence-electron chi connectivity index (χ2n) is 5.19. The Labute approximate surface area is 157 Å². The van der Waals surface area contributed by atoms with Gasteiger partial charge in [-0.05, 0) is 37.6 Å². The lowest BCUT2D eigenvalue weighted by Gasteiger charge is -2.18. The van der Waals surface area contributed by atoms with Crippen LogP contribution in [0.1, 0.15) is 33.1 Å². The molecule has 0 saturated carbocycles. The fourth-order valence-corrected chi connectivity index (χ4v) is 1.97. The maximum Gasteiger partial charge on any atom is 0.191 e. The minimum Gasteiger partial charge on any atom is -0.497 e. The molecule has 1 aromatic rings. The molecule has 0 aliphatic heterocycles. The Hall–Kier alpha value is -1.18. The fourth-order valence-electron chi connectivity index (χ4n) is 1.97. The van der Waals surface area contributed by atoms with Gasteiger partial charge in [0.25, 0.3) is 0 Å². The fraction of sp³-hybridized carbons (Fsp3) is 0.588. The molecule has 0 aliphatic carbocycles. The molecule has 2 N–H and O–H groups in total. The smallest absolute Gasteiger partial charge is 0.191 e. The van der Waals surface area contributed by atoms with Crippen molar-refractivity contribution in [3.8, 4) is 11.5 Å². The molecule has 0 radical (unpaired) electrons. The van der Waals surface area contributed by atoms with Crippen LogP contribution in [0.15, 0.2) is 29.3 Å². The minimum absolute atomic E-state index is 0. The van der Waals surface area contributed by atoms with Gasteiger partial charge < -0.3 is 20.1 Å². The Morgan fingerprint density at radius 2 is 1.78 bits per heavy atom. The van der Waals surface area contributed by atoms with Crippen LogP contribution in [0.5, 0.6) is 11.5 Å². The first-order chi connectivity index (χ1) is 10.7. The molecule has 0 amide bonds. The van der Waals surface area contributed by atoms with Gasteiger partial charge in [-0.25, -0.2) is 0 Å². The molecule has 0 aromatic heterocycles. The Bertz CT molecular complexity index is 438. The number of methoxy groups -OCH3 is 1. The van der Waals surface area contributed by atoms with Crippen LogP contribution in [0, 0.1) is 0 Å². The third-order valence-electron chi connectivity index (χ3n) is 3.25. The molecule has 132 valence electrons. The van der Waals surface area contributed by atoms with Crippen LogP contribution in [0.3, 0.4) is 0 Å². The highest BCUT2D eigenvalue weighted by molar-refractivity contribution is 14.0. The number of aliphatic imine (C=N–C) groups is 1. The number of benzene rings is 1. The second-order valence-corrected chi connectivity index (χ2v) is 5.19. The SMILES string of the molecule is CCCCCNC(=NC)NCC(C)Oc1ccc(OC)cc1.I. The lowest BCUT2D eigenvalue weighted by molar-refractivity contribution is 0.223. The Kier molecular flexibility index (Phi) is 12.6. The highest BCUT2D eigenvalue weighted by Gasteiger charge is 2.05. The molecule has 0 spiro atoms. The molecule has 0 heterocycles. The van der Waals surface area contributed by atoms with Gasteiger partial charge in [0.05, 0.1) is 13.7 Å². The van der Waals surface area contributed by atoms with E-state index in [0.29, 0.717) is 6.54 Å². The summed E-state index contributed by atoms with van der Waals surface area (Å²) in [4.78, 5) is 4.21. The summed E-state index contributed by atoms with van der Waals surface area (Å²) in [5.74, 6) is 2.48. The molecule has 6 heteroatoms. The van der Waals surface area contributed by atoms with Gasteiger partial charge in [0, 0.05) is 13.6 Å². The van der Waals surface area contributed by atoms with Gasteiger partial charge in [0.2, 0.25) is 0 Å². The summed E-state index contributed by atoms with van der Waals surface area (Å²) in [5, 5.41) is 6.58. The van der Waals surface area contributed by atoms with Crippen molar-refractivity contribution >= 4 is 29.9 Å². The number of nitrogens with zero attached hydrogens (tertiary/aromatic N) is 1. The zero-order valence-corrected chi connectivity index (χ0v) is 16.9. The molecule has 23 heavy (non-hydrogen) atoms. The molecule has 1 aromatic carbocycles. The van der Waals surface area contributed by atoms with Gasteiger partial charge >= 0.3 is 0 Å².